The molecule has 2 aromatic rings. The first-order valence-corrected chi connectivity index (χ1v) is 6.38. The number of aryl methyl sites for hydroxylation is 1. The van der Waals surface area contributed by atoms with Gasteiger partial charge in [-0.05, 0) is 29.6 Å². The van der Waals surface area contributed by atoms with Crippen molar-refractivity contribution in [2.75, 3.05) is 6.16 Å². The van der Waals surface area contributed by atoms with Gasteiger partial charge in [-0.1, -0.05) is 26.0 Å². The first-order valence-electron chi connectivity index (χ1n) is 5.57. The molecule has 1 aromatic carbocycles. The molecule has 3 heteroatoms. The fraction of sp³-hybridized carbons (Fsp3) is 0.462. The number of nitrogens with zero attached hydrogens (tertiary/aromatic N) is 1. The van der Waals surface area contributed by atoms with E-state index < -0.39 is 0 Å². The zero-order valence-electron chi connectivity index (χ0n) is 10.1. The van der Waals surface area contributed by atoms with Crippen LogP contribution in [0.3, 0.4) is 0 Å². The van der Waals surface area contributed by atoms with Crippen LogP contribution in [0.2, 0.25) is 0 Å². The molecular formula is C13H18NOP. The van der Waals surface area contributed by atoms with Gasteiger partial charge in [0.15, 0.2) is 11.5 Å². The van der Waals surface area contributed by atoms with Crippen molar-refractivity contribution in [3.63, 3.8) is 0 Å². The fourth-order valence-corrected chi connectivity index (χ4v) is 1.99. The summed E-state index contributed by atoms with van der Waals surface area (Å²) >= 11 is 0. The van der Waals surface area contributed by atoms with Crippen molar-refractivity contribution in [1.29, 1.82) is 0 Å². The van der Waals surface area contributed by atoms with E-state index in [-0.39, 0.29) is 5.41 Å². The summed E-state index contributed by atoms with van der Waals surface area (Å²) < 4.78 is 5.54. The van der Waals surface area contributed by atoms with Crippen molar-refractivity contribution in [1.82, 2.24) is 4.98 Å². The monoisotopic (exact) mass is 235 g/mol. The number of oxazole rings is 1. The fourth-order valence-electron chi connectivity index (χ4n) is 1.85. The molecule has 1 heterocycles. The summed E-state index contributed by atoms with van der Waals surface area (Å²) in [6, 6.07) is 6.17. The Balaban J connectivity index is 2.44. The van der Waals surface area contributed by atoms with Crippen LogP contribution in [-0.4, -0.2) is 11.1 Å². The molecule has 0 saturated heterocycles. The predicted octanol–water partition coefficient (Wildman–Crippen LogP) is 3.58. The Hall–Kier alpha value is -0.880. The second kappa shape index (κ2) is 4.18. The van der Waals surface area contributed by atoms with Gasteiger partial charge < -0.3 is 4.42 Å². The van der Waals surface area contributed by atoms with E-state index in [0.29, 0.717) is 0 Å². The van der Waals surface area contributed by atoms with Crippen LogP contribution in [0.4, 0.5) is 0 Å². The highest BCUT2D eigenvalue weighted by atomic mass is 31.0. The number of para-hydroxylation sites is 1. The molecule has 1 atom stereocenters. The Labute approximate surface area is 98.6 Å². The number of fused-ring (bicyclic) bond motifs is 1. The smallest absolute Gasteiger partial charge is 0.192 e. The van der Waals surface area contributed by atoms with E-state index in [1.807, 2.05) is 19.1 Å². The highest BCUT2D eigenvalue weighted by Gasteiger charge is 2.18. The molecule has 2 rings (SSSR count). The van der Waals surface area contributed by atoms with Crippen LogP contribution < -0.4 is 0 Å². The van der Waals surface area contributed by atoms with Crippen LogP contribution in [0, 0.1) is 12.3 Å². The van der Waals surface area contributed by atoms with Crippen molar-refractivity contribution in [2.45, 2.75) is 27.2 Å². The van der Waals surface area contributed by atoms with Crippen molar-refractivity contribution in [3.8, 4) is 0 Å². The van der Waals surface area contributed by atoms with E-state index in [9.17, 15) is 0 Å². The van der Waals surface area contributed by atoms with Gasteiger partial charge in [-0.15, -0.1) is 9.24 Å². The van der Waals surface area contributed by atoms with Gasteiger partial charge >= 0.3 is 0 Å². The molecule has 0 bridgehead atoms. The van der Waals surface area contributed by atoms with E-state index in [1.54, 1.807) is 0 Å². The molecule has 0 spiro atoms. The Morgan fingerprint density at radius 1 is 1.38 bits per heavy atom. The molecule has 1 aromatic heterocycles. The van der Waals surface area contributed by atoms with Crippen LogP contribution in [0.15, 0.2) is 22.6 Å². The van der Waals surface area contributed by atoms with Gasteiger partial charge in [0.1, 0.15) is 5.52 Å². The summed E-state index contributed by atoms with van der Waals surface area (Å²) in [6.07, 6.45) is 2.11. The molecular weight excluding hydrogens is 217 g/mol. The third-order valence-electron chi connectivity index (χ3n) is 2.83. The molecule has 0 amide bonds. The Morgan fingerprint density at radius 2 is 2.12 bits per heavy atom. The van der Waals surface area contributed by atoms with Crippen LogP contribution in [0.5, 0.6) is 0 Å². The maximum absolute atomic E-state index is 5.54. The van der Waals surface area contributed by atoms with Gasteiger partial charge in [-0.3, -0.25) is 0 Å². The molecule has 86 valence electrons. The number of hydrogen-bond donors (Lipinski definition) is 0. The van der Waals surface area contributed by atoms with E-state index in [0.717, 1.165) is 29.6 Å². The number of hydrogen-bond acceptors (Lipinski definition) is 2. The Bertz CT molecular complexity index is 502. The van der Waals surface area contributed by atoms with Crippen LogP contribution in [-0.2, 0) is 6.42 Å². The lowest BCUT2D eigenvalue weighted by Gasteiger charge is -2.22. The van der Waals surface area contributed by atoms with Gasteiger partial charge in [0.2, 0.25) is 0 Å². The lowest BCUT2D eigenvalue weighted by Crippen LogP contribution is -2.16. The van der Waals surface area contributed by atoms with Crippen LogP contribution >= 0.6 is 9.24 Å². The summed E-state index contributed by atoms with van der Waals surface area (Å²) in [5.74, 6) is 0.742. The van der Waals surface area contributed by atoms with E-state index in [1.165, 1.54) is 5.56 Å². The third-order valence-corrected chi connectivity index (χ3v) is 3.94. The maximum Gasteiger partial charge on any atom is 0.192 e. The van der Waals surface area contributed by atoms with Crippen LogP contribution in [0.25, 0.3) is 11.1 Å². The Morgan fingerprint density at radius 3 is 2.81 bits per heavy atom. The molecule has 0 saturated carbocycles. The average molecular weight is 235 g/mol. The second-order valence-electron chi connectivity index (χ2n) is 5.04. The first kappa shape index (κ1) is 11.6. The lowest BCUT2D eigenvalue weighted by atomic mass is 9.87. The largest absolute Gasteiger partial charge is 0.441 e. The second-order valence-corrected chi connectivity index (χ2v) is 5.45. The van der Waals surface area contributed by atoms with Crippen molar-refractivity contribution >= 4 is 20.3 Å². The Kier molecular flexibility index (Phi) is 3.03. The highest BCUT2D eigenvalue weighted by molar-refractivity contribution is 7.16. The molecule has 1 unspecified atom stereocenters. The highest BCUT2D eigenvalue weighted by Crippen LogP contribution is 2.28. The topological polar surface area (TPSA) is 26.0 Å². The van der Waals surface area contributed by atoms with Gasteiger partial charge in [0.25, 0.3) is 0 Å². The predicted molar refractivity (Wildman–Crippen MR) is 70.8 cm³/mol. The summed E-state index contributed by atoms with van der Waals surface area (Å²) in [7, 11) is 2.82. The van der Waals surface area contributed by atoms with E-state index in [4.69, 9.17) is 4.42 Å². The summed E-state index contributed by atoms with van der Waals surface area (Å²) in [5.41, 5.74) is 3.48. The number of benzene rings is 1. The summed E-state index contributed by atoms with van der Waals surface area (Å²) in [5, 5.41) is 0. The molecule has 0 aliphatic rings. The summed E-state index contributed by atoms with van der Waals surface area (Å²) in [4.78, 5) is 4.46. The molecule has 0 N–H and O–H groups in total. The molecule has 0 radical (unpaired) electrons. The molecule has 2 nitrogen and oxygen atoms in total. The lowest BCUT2D eigenvalue weighted by molar-refractivity contribution is 0.422. The minimum absolute atomic E-state index is 0.284. The van der Waals surface area contributed by atoms with Crippen molar-refractivity contribution in [3.05, 3.63) is 29.7 Å². The van der Waals surface area contributed by atoms with Gasteiger partial charge in [-0.2, -0.15) is 0 Å². The number of aromatic nitrogens is 1. The van der Waals surface area contributed by atoms with Gasteiger partial charge in [0, 0.05) is 6.92 Å². The van der Waals surface area contributed by atoms with Gasteiger partial charge in [0.05, 0.1) is 0 Å². The molecule has 0 fully saturated rings. The zero-order valence-corrected chi connectivity index (χ0v) is 11.2. The van der Waals surface area contributed by atoms with Gasteiger partial charge in [-0.25, -0.2) is 4.98 Å². The van der Waals surface area contributed by atoms with Crippen molar-refractivity contribution in [2.24, 2.45) is 5.41 Å². The molecule has 16 heavy (non-hydrogen) atoms. The summed E-state index contributed by atoms with van der Waals surface area (Å²) in [6.45, 7) is 6.43. The number of rotatable bonds is 3. The quantitative estimate of drug-likeness (QED) is 0.760. The third kappa shape index (κ3) is 2.27. The standard InChI is InChI=1S/C13H18NOP/c1-9-14-12-10(7-13(2,3)8-16)5-4-6-11(12)15-9/h4-6H,7-8,16H2,1-3H3. The maximum atomic E-state index is 5.54. The zero-order chi connectivity index (χ0) is 11.8. The first-order chi connectivity index (χ1) is 7.52. The van der Waals surface area contributed by atoms with E-state index >= 15 is 0 Å². The minimum Gasteiger partial charge on any atom is -0.441 e. The minimum atomic E-state index is 0.284. The van der Waals surface area contributed by atoms with Crippen molar-refractivity contribution < 1.29 is 4.42 Å². The van der Waals surface area contributed by atoms with E-state index in [2.05, 4.69) is 34.1 Å². The normalized spacial score (nSPS) is 12.2. The SMILES string of the molecule is Cc1nc2c(CC(C)(C)CP)cccc2o1. The average Bonchev–Trinajstić information content (AvgIpc) is 2.59. The molecule has 0 aliphatic heterocycles. The van der Waals surface area contributed by atoms with Crippen LogP contribution in [0.1, 0.15) is 25.3 Å². The molecule has 0 aliphatic carbocycles.